The molecule has 0 radical (unpaired) electrons. The highest BCUT2D eigenvalue weighted by Crippen LogP contribution is 2.04. The SMILES string of the molecule is COCCC(NS(=O)(=O)N(C)C(C)C)C(=O)O. The van der Waals surface area contributed by atoms with Gasteiger partial charge in [-0.1, -0.05) is 0 Å². The van der Waals surface area contributed by atoms with Crippen LogP contribution in [0.5, 0.6) is 0 Å². The molecule has 0 rings (SSSR count). The van der Waals surface area contributed by atoms with Gasteiger partial charge in [0.1, 0.15) is 6.04 Å². The third-order valence-corrected chi connectivity index (χ3v) is 4.07. The standard InChI is InChI=1S/C9H20N2O5S/c1-7(2)11(3)17(14,15)10-8(9(12)13)5-6-16-4/h7-8,10H,5-6H2,1-4H3,(H,12,13). The van der Waals surface area contributed by atoms with Gasteiger partial charge >= 0.3 is 5.97 Å². The van der Waals surface area contributed by atoms with Crippen LogP contribution < -0.4 is 4.72 Å². The van der Waals surface area contributed by atoms with Crippen LogP contribution in [0.1, 0.15) is 20.3 Å². The normalized spacial score (nSPS) is 14.2. The van der Waals surface area contributed by atoms with Crippen LogP contribution in [-0.4, -0.2) is 56.6 Å². The molecule has 1 unspecified atom stereocenters. The second-order valence-corrected chi connectivity index (χ2v) is 5.67. The maximum absolute atomic E-state index is 11.8. The molecule has 0 spiro atoms. The Kier molecular flexibility index (Phi) is 6.61. The van der Waals surface area contributed by atoms with Gasteiger partial charge in [0.15, 0.2) is 0 Å². The van der Waals surface area contributed by atoms with Crippen molar-refractivity contribution in [2.45, 2.75) is 32.4 Å². The molecule has 0 aromatic carbocycles. The van der Waals surface area contributed by atoms with Gasteiger partial charge in [-0.25, -0.2) is 0 Å². The summed E-state index contributed by atoms with van der Waals surface area (Å²) in [5.41, 5.74) is 0. The summed E-state index contributed by atoms with van der Waals surface area (Å²) in [6.45, 7) is 3.57. The molecule has 0 saturated heterocycles. The third-order valence-electron chi connectivity index (χ3n) is 2.31. The number of nitrogens with zero attached hydrogens (tertiary/aromatic N) is 1. The first-order valence-electron chi connectivity index (χ1n) is 5.19. The van der Waals surface area contributed by atoms with Crippen molar-refractivity contribution in [3.63, 3.8) is 0 Å². The zero-order valence-electron chi connectivity index (χ0n) is 10.5. The summed E-state index contributed by atoms with van der Waals surface area (Å²) in [7, 11) is -0.972. The fourth-order valence-corrected chi connectivity index (χ4v) is 2.31. The summed E-state index contributed by atoms with van der Waals surface area (Å²) in [5, 5.41) is 8.88. The van der Waals surface area contributed by atoms with Gasteiger partial charge in [-0.15, -0.1) is 0 Å². The van der Waals surface area contributed by atoms with E-state index < -0.39 is 22.2 Å². The van der Waals surface area contributed by atoms with E-state index in [9.17, 15) is 13.2 Å². The summed E-state index contributed by atoms with van der Waals surface area (Å²) in [6, 6.07) is -1.43. The largest absolute Gasteiger partial charge is 0.480 e. The second-order valence-electron chi connectivity index (χ2n) is 3.91. The number of carboxylic acid groups (broad SMARTS) is 1. The molecule has 0 aliphatic rings. The van der Waals surface area contributed by atoms with Crippen LogP contribution >= 0.6 is 0 Å². The van der Waals surface area contributed by atoms with Gasteiger partial charge in [0, 0.05) is 26.8 Å². The Hall–Kier alpha value is -0.700. The molecule has 0 fully saturated rings. The Morgan fingerprint density at radius 1 is 1.47 bits per heavy atom. The quantitative estimate of drug-likeness (QED) is 0.627. The minimum atomic E-state index is -3.79. The van der Waals surface area contributed by atoms with Crippen LogP contribution in [0.15, 0.2) is 0 Å². The van der Waals surface area contributed by atoms with Crippen LogP contribution in [0, 0.1) is 0 Å². The first-order valence-corrected chi connectivity index (χ1v) is 6.63. The molecule has 0 aliphatic heterocycles. The summed E-state index contributed by atoms with van der Waals surface area (Å²) >= 11 is 0. The lowest BCUT2D eigenvalue weighted by Gasteiger charge is -2.23. The second kappa shape index (κ2) is 6.90. The number of hydrogen-bond acceptors (Lipinski definition) is 4. The molecule has 1 atom stereocenters. The Morgan fingerprint density at radius 3 is 2.35 bits per heavy atom. The number of hydrogen-bond donors (Lipinski definition) is 2. The van der Waals surface area contributed by atoms with E-state index in [-0.39, 0.29) is 19.1 Å². The molecule has 0 amide bonds. The number of rotatable bonds is 8. The molecule has 17 heavy (non-hydrogen) atoms. The number of methoxy groups -OCH3 is 1. The molecule has 8 heteroatoms. The molecule has 7 nitrogen and oxygen atoms in total. The molecule has 102 valence electrons. The van der Waals surface area contributed by atoms with Gasteiger partial charge < -0.3 is 9.84 Å². The van der Waals surface area contributed by atoms with Crippen molar-refractivity contribution in [1.29, 1.82) is 0 Å². The lowest BCUT2D eigenvalue weighted by atomic mass is 10.2. The number of carboxylic acids is 1. The highest BCUT2D eigenvalue weighted by Gasteiger charge is 2.27. The fourth-order valence-electron chi connectivity index (χ4n) is 1.01. The minimum absolute atomic E-state index is 0.0804. The van der Waals surface area contributed by atoms with Crippen LogP contribution in [0.2, 0.25) is 0 Å². The Morgan fingerprint density at radius 2 is 2.00 bits per heavy atom. The van der Waals surface area contributed by atoms with E-state index in [1.165, 1.54) is 14.2 Å². The van der Waals surface area contributed by atoms with E-state index in [1.807, 2.05) is 0 Å². The van der Waals surface area contributed by atoms with Crippen molar-refractivity contribution >= 4 is 16.2 Å². The molecule has 0 saturated carbocycles. The van der Waals surface area contributed by atoms with E-state index >= 15 is 0 Å². The first kappa shape index (κ1) is 16.3. The number of ether oxygens (including phenoxy) is 1. The average Bonchev–Trinajstić information content (AvgIpc) is 2.22. The predicted molar refractivity (Wildman–Crippen MR) is 62.9 cm³/mol. The molecule has 0 bridgehead atoms. The van der Waals surface area contributed by atoms with Crippen LogP contribution in [0.3, 0.4) is 0 Å². The topological polar surface area (TPSA) is 95.9 Å². The van der Waals surface area contributed by atoms with Crippen LogP contribution in [0.25, 0.3) is 0 Å². The molecule has 0 aromatic heterocycles. The van der Waals surface area contributed by atoms with Crippen molar-refractivity contribution in [2.75, 3.05) is 20.8 Å². The monoisotopic (exact) mass is 268 g/mol. The Labute approximate surface area is 102 Å². The minimum Gasteiger partial charge on any atom is -0.480 e. The van der Waals surface area contributed by atoms with Crippen LogP contribution in [0.4, 0.5) is 0 Å². The highest BCUT2D eigenvalue weighted by atomic mass is 32.2. The molecular formula is C9H20N2O5S. The fraction of sp³-hybridized carbons (Fsp3) is 0.889. The van der Waals surface area contributed by atoms with Gasteiger partial charge in [0.25, 0.3) is 10.2 Å². The van der Waals surface area contributed by atoms with Crippen molar-refractivity contribution < 1.29 is 23.1 Å². The lowest BCUT2D eigenvalue weighted by molar-refractivity contribution is -0.139. The van der Waals surface area contributed by atoms with E-state index in [0.29, 0.717) is 0 Å². The molecule has 0 heterocycles. The van der Waals surface area contributed by atoms with E-state index in [0.717, 1.165) is 4.31 Å². The zero-order valence-corrected chi connectivity index (χ0v) is 11.3. The average molecular weight is 268 g/mol. The molecular weight excluding hydrogens is 248 g/mol. The summed E-state index contributed by atoms with van der Waals surface area (Å²) in [6.07, 6.45) is 0.0804. The first-order chi connectivity index (χ1) is 7.72. The summed E-state index contributed by atoms with van der Waals surface area (Å²) in [4.78, 5) is 10.9. The van der Waals surface area contributed by atoms with E-state index in [1.54, 1.807) is 13.8 Å². The Bertz CT molecular complexity index is 341. The van der Waals surface area contributed by atoms with Gasteiger partial charge in [0.05, 0.1) is 0 Å². The highest BCUT2D eigenvalue weighted by molar-refractivity contribution is 7.87. The van der Waals surface area contributed by atoms with Gasteiger partial charge in [0.2, 0.25) is 0 Å². The summed E-state index contributed by atoms with van der Waals surface area (Å²) < 4.78 is 31.5. The van der Waals surface area contributed by atoms with Crippen molar-refractivity contribution in [3.8, 4) is 0 Å². The molecule has 0 aromatic rings. The third kappa shape index (κ3) is 5.44. The Balaban J connectivity index is 4.69. The van der Waals surface area contributed by atoms with Gasteiger partial charge in [-0.05, 0) is 20.3 Å². The number of aliphatic carboxylic acids is 1. The molecule has 0 aliphatic carbocycles. The van der Waals surface area contributed by atoms with E-state index in [4.69, 9.17) is 9.84 Å². The van der Waals surface area contributed by atoms with E-state index in [2.05, 4.69) is 4.72 Å². The smallest absolute Gasteiger partial charge is 0.321 e. The number of nitrogens with one attached hydrogen (secondary N) is 1. The van der Waals surface area contributed by atoms with Crippen molar-refractivity contribution in [2.24, 2.45) is 0 Å². The van der Waals surface area contributed by atoms with Crippen LogP contribution in [-0.2, 0) is 19.7 Å². The zero-order chi connectivity index (χ0) is 13.6. The van der Waals surface area contributed by atoms with Gasteiger partial charge in [-0.2, -0.15) is 17.4 Å². The van der Waals surface area contributed by atoms with Gasteiger partial charge in [-0.3, -0.25) is 4.79 Å². The maximum atomic E-state index is 11.8. The number of carbonyl (C=O) groups is 1. The lowest BCUT2D eigenvalue weighted by Crippen LogP contribution is -2.49. The maximum Gasteiger partial charge on any atom is 0.321 e. The predicted octanol–water partition coefficient (Wildman–Crippen LogP) is -0.349. The molecule has 2 N–H and O–H groups in total. The van der Waals surface area contributed by atoms with Crippen molar-refractivity contribution in [1.82, 2.24) is 9.03 Å². The summed E-state index contributed by atoms with van der Waals surface area (Å²) in [5.74, 6) is -1.22. The van der Waals surface area contributed by atoms with Crippen molar-refractivity contribution in [3.05, 3.63) is 0 Å².